The predicted octanol–water partition coefficient (Wildman–Crippen LogP) is 3.92. The summed E-state index contributed by atoms with van der Waals surface area (Å²) in [6, 6.07) is 15.2. The van der Waals surface area contributed by atoms with E-state index in [2.05, 4.69) is 40.8 Å². The van der Waals surface area contributed by atoms with Gasteiger partial charge in [-0.2, -0.15) is 0 Å². The number of carbonyl (C=O) groups excluding carboxylic acids is 2. The van der Waals surface area contributed by atoms with Gasteiger partial charge < -0.3 is 20.5 Å². The summed E-state index contributed by atoms with van der Waals surface area (Å²) in [6.45, 7) is 0.516. The third-order valence-corrected chi connectivity index (χ3v) is 7.03. The number of aliphatic carboxylic acids is 1. The van der Waals surface area contributed by atoms with E-state index in [-0.39, 0.29) is 36.7 Å². The van der Waals surface area contributed by atoms with Crippen molar-refractivity contribution < 1.29 is 24.2 Å². The number of ether oxygens (including phenoxy) is 1. The molecule has 0 saturated heterocycles. The molecule has 35 heavy (non-hydrogen) atoms. The maximum atomic E-state index is 12.8. The highest BCUT2D eigenvalue weighted by Gasteiger charge is 2.34. The number of amides is 2. The lowest BCUT2D eigenvalue weighted by molar-refractivity contribution is -0.142. The molecule has 0 spiro atoms. The van der Waals surface area contributed by atoms with Crippen LogP contribution in [0, 0.1) is 24.2 Å². The maximum Gasteiger partial charge on any atom is 0.407 e. The molecule has 2 amide bonds. The third-order valence-electron chi connectivity index (χ3n) is 7.03. The van der Waals surface area contributed by atoms with Gasteiger partial charge in [0, 0.05) is 24.8 Å². The van der Waals surface area contributed by atoms with Crippen molar-refractivity contribution in [3.63, 3.8) is 0 Å². The molecular formula is C28H30N2O5. The molecule has 3 atom stereocenters. The third kappa shape index (κ3) is 5.48. The Bertz CT molecular complexity index is 1090. The molecule has 1 unspecified atom stereocenters. The van der Waals surface area contributed by atoms with Crippen LogP contribution in [0.3, 0.4) is 0 Å². The van der Waals surface area contributed by atoms with Crippen LogP contribution in [0.1, 0.15) is 49.1 Å². The van der Waals surface area contributed by atoms with Crippen molar-refractivity contribution in [2.45, 2.75) is 44.1 Å². The number of hydrogen-bond donors (Lipinski definition) is 3. The molecule has 1 saturated carbocycles. The Balaban J connectivity index is 1.33. The van der Waals surface area contributed by atoms with Gasteiger partial charge in [0.25, 0.3) is 0 Å². The second-order valence-electron chi connectivity index (χ2n) is 9.17. The lowest BCUT2D eigenvalue weighted by atomic mass is 9.78. The van der Waals surface area contributed by atoms with Crippen LogP contribution in [0.25, 0.3) is 11.1 Å². The second-order valence-corrected chi connectivity index (χ2v) is 9.17. The highest BCUT2D eigenvalue weighted by atomic mass is 16.5. The van der Waals surface area contributed by atoms with Gasteiger partial charge >= 0.3 is 12.1 Å². The topological polar surface area (TPSA) is 105 Å². The van der Waals surface area contributed by atoms with Crippen molar-refractivity contribution in [1.29, 1.82) is 0 Å². The number of fused-ring (bicyclic) bond motifs is 3. The van der Waals surface area contributed by atoms with Gasteiger partial charge in [0.05, 0.1) is 0 Å². The van der Waals surface area contributed by atoms with Gasteiger partial charge in [-0.3, -0.25) is 4.79 Å². The summed E-state index contributed by atoms with van der Waals surface area (Å²) in [5.74, 6) is 0.316. The minimum absolute atomic E-state index is 0.0227. The molecule has 4 rings (SSSR count). The molecule has 2 aliphatic carbocycles. The summed E-state index contributed by atoms with van der Waals surface area (Å²) in [6.07, 6.45) is 7.89. The number of hydrogen-bond acceptors (Lipinski definition) is 4. The van der Waals surface area contributed by atoms with Gasteiger partial charge in [-0.1, -0.05) is 61.4 Å². The fraction of sp³-hybridized carbons (Fsp3) is 0.393. The molecule has 2 aliphatic rings. The van der Waals surface area contributed by atoms with E-state index in [4.69, 9.17) is 11.2 Å². The summed E-state index contributed by atoms with van der Waals surface area (Å²) in [5.41, 5.74) is 4.62. The van der Waals surface area contributed by atoms with E-state index in [9.17, 15) is 19.5 Å². The molecule has 2 aromatic rings. The smallest absolute Gasteiger partial charge is 0.407 e. The Hall–Kier alpha value is -3.79. The lowest BCUT2D eigenvalue weighted by Crippen LogP contribution is -2.47. The molecule has 182 valence electrons. The average molecular weight is 475 g/mol. The number of carboxylic acid groups (broad SMARTS) is 1. The number of alkyl carbamates (subject to hydrolysis) is 1. The van der Waals surface area contributed by atoms with Gasteiger partial charge in [0.1, 0.15) is 12.6 Å². The summed E-state index contributed by atoms with van der Waals surface area (Å²) < 4.78 is 5.60. The van der Waals surface area contributed by atoms with Crippen LogP contribution in [-0.2, 0) is 14.3 Å². The van der Waals surface area contributed by atoms with Crippen LogP contribution in [0.15, 0.2) is 48.5 Å². The number of nitrogens with one attached hydrogen (secondary N) is 2. The molecule has 7 nitrogen and oxygen atoms in total. The summed E-state index contributed by atoms with van der Waals surface area (Å²) in [7, 11) is 0. The van der Waals surface area contributed by atoms with Crippen LogP contribution >= 0.6 is 0 Å². The minimum Gasteiger partial charge on any atom is -0.480 e. The summed E-state index contributed by atoms with van der Waals surface area (Å²) >= 11 is 0. The zero-order valence-electron chi connectivity index (χ0n) is 19.5. The molecule has 1 fully saturated rings. The van der Waals surface area contributed by atoms with E-state index < -0.39 is 18.1 Å². The molecule has 0 aromatic heterocycles. The normalized spacial score (nSPS) is 19.5. The van der Waals surface area contributed by atoms with Gasteiger partial charge in [-0.05, 0) is 41.0 Å². The van der Waals surface area contributed by atoms with E-state index in [1.54, 1.807) is 0 Å². The first kappa shape index (κ1) is 24.3. The fourth-order valence-corrected chi connectivity index (χ4v) is 5.26. The Kier molecular flexibility index (Phi) is 7.71. The zero-order valence-corrected chi connectivity index (χ0v) is 19.5. The van der Waals surface area contributed by atoms with Crippen molar-refractivity contribution in [2.24, 2.45) is 11.8 Å². The highest BCUT2D eigenvalue weighted by molar-refractivity contribution is 5.85. The first-order chi connectivity index (χ1) is 17.0. The van der Waals surface area contributed by atoms with Crippen LogP contribution < -0.4 is 10.6 Å². The highest BCUT2D eigenvalue weighted by Crippen LogP contribution is 2.44. The van der Waals surface area contributed by atoms with E-state index in [1.165, 1.54) is 0 Å². The number of carbonyl (C=O) groups is 3. The first-order valence-corrected chi connectivity index (χ1v) is 12.0. The minimum atomic E-state index is -1.15. The van der Waals surface area contributed by atoms with Gasteiger partial charge in [-0.25, -0.2) is 9.59 Å². The Labute approximate surface area is 205 Å². The van der Waals surface area contributed by atoms with Crippen LogP contribution in [0.4, 0.5) is 4.79 Å². The van der Waals surface area contributed by atoms with Crippen molar-refractivity contribution in [3.05, 3.63) is 59.7 Å². The standard InChI is InChI=1S/C28H30N2O5/c1-2-9-25(27(32)33)30-26(31)19-11-4-3-10-18(19)16-29-28(34)35-17-24-22-14-7-5-12-20(22)21-13-6-8-15-23(21)24/h1,5-8,12-15,18-19,24-25H,3-4,9-11,16-17H2,(H,29,34)(H,30,31)(H,32,33)/t18-,19-,25?/m1/s1. The zero-order chi connectivity index (χ0) is 24.8. The molecular weight excluding hydrogens is 444 g/mol. The lowest BCUT2D eigenvalue weighted by Gasteiger charge is -2.31. The number of benzene rings is 2. The first-order valence-electron chi connectivity index (χ1n) is 12.0. The molecule has 7 heteroatoms. The van der Waals surface area contributed by atoms with Gasteiger partial charge in [0.15, 0.2) is 0 Å². The molecule has 0 aliphatic heterocycles. The van der Waals surface area contributed by atoms with Crippen molar-refractivity contribution in [3.8, 4) is 23.5 Å². The Morgan fingerprint density at radius 1 is 1.03 bits per heavy atom. The van der Waals surface area contributed by atoms with Gasteiger partial charge in [-0.15, -0.1) is 12.3 Å². The monoisotopic (exact) mass is 474 g/mol. The summed E-state index contributed by atoms with van der Waals surface area (Å²) in [5, 5.41) is 14.7. The van der Waals surface area contributed by atoms with Crippen LogP contribution in [0.2, 0.25) is 0 Å². The Morgan fingerprint density at radius 2 is 1.66 bits per heavy atom. The van der Waals surface area contributed by atoms with Gasteiger partial charge in [0.2, 0.25) is 5.91 Å². The molecule has 3 N–H and O–H groups in total. The van der Waals surface area contributed by atoms with E-state index in [1.807, 2.05) is 24.3 Å². The largest absolute Gasteiger partial charge is 0.480 e. The molecule has 0 radical (unpaired) electrons. The quantitative estimate of drug-likeness (QED) is 0.503. The number of rotatable bonds is 8. The summed E-state index contributed by atoms with van der Waals surface area (Å²) in [4.78, 5) is 36.7. The second kappa shape index (κ2) is 11.1. The number of terminal acetylenes is 1. The van der Waals surface area contributed by atoms with E-state index >= 15 is 0 Å². The maximum absolute atomic E-state index is 12.8. The number of carboxylic acids is 1. The fourth-order valence-electron chi connectivity index (χ4n) is 5.26. The average Bonchev–Trinajstić information content (AvgIpc) is 3.19. The Morgan fingerprint density at radius 3 is 2.29 bits per heavy atom. The SMILES string of the molecule is C#CCC(NC(=O)[C@@H]1CCCC[C@@H]1CNC(=O)OCC1c2ccccc2-c2ccccc21)C(=O)O. The van der Waals surface area contributed by atoms with E-state index in [0.29, 0.717) is 13.0 Å². The van der Waals surface area contributed by atoms with Crippen LogP contribution in [0.5, 0.6) is 0 Å². The van der Waals surface area contributed by atoms with Crippen LogP contribution in [-0.4, -0.2) is 42.3 Å². The van der Waals surface area contributed by atoms with E-state index in [0.717, 1.165) is 41.5 Å². The van der Waals surface area contributed by atoms with Crippen molar-refractivity contribution >= 4 is 18.0 Å². The predicted molar refractivity (Wildman–Crippen MR) is 132 cm³/mol. The molecule has 2 aromatic carbocycles. The molecule has 0 bridgehead atoms. The van der Waals surface area contributed by atoms with Crippen molar-refractivity contribution in [2.75, 3.05) is 13.2 Å². The molecule has 0 heterocycles. The van der Waals surface area contributed by atoms with Crippen molar-refractivity contribution in [1.82, 2.24) is 10.6 Å².